The van der Waals surface area contributed by atoms with Crippen LogP contribution in [0.4, 0.5) is 0 Å². The van der Waals surface area contributed by atoms with Gasteiger partial charge in [-0.2, -0.15) is 0 Å². The highest BCUT2D eigenvalue weighted by Crippen LogP contribution is 2.20. The van der Waals surface area contributed by atoms with Gasteiger partial charge in [-0.25, -0.2) is 0 Å². The topological polar surface area (TPSA) is 74.0 Å². The molecule has 0 aromatic heterocycles. The van der Waals surface area contributed by atoms with E-state index in [1.807, 2.05) is 7.05 Å². The van der Waals surface area contributed by atoms with Gasteiger partial charge in [-0.05, 0) is 57.0 Å². The molecule has 1 amide bonds. The van der Waals surface area contributed by atoms with Crippen molar-refractivity contribution in [3.63, 3.8) is 0 Å². The Balaban J connectivity index is 0.00000338. The zero-order valence-electron chi connectivity index (χ0n) is 16.7. The molecule has 0 bridgehead atoms. The first-order chi connectivity index (χ1) is 12.0. The molecule has 0 spiro atoms. The second-order valence-electron chi connectivity index (χ2n) is 8.08. The molecule has 2 rings (SSSR count). The van der Waals surface area contributed by atoms with Gasteiger partial charge < -0.3 is 16.0 Å². The number of primary amides is 1. The number of rotatable bonds is 7. The third kappa shape index (κ3) is 7.58. The van der Waals surface area contributed by atoms with Crippen molar-refractivity contribution < 1.29 is 4.79 Å². The molecule has 2 heterocycles. The molecule has 2 atom stereocenters. The van der Waals surface area contributed by atoms with Crippen LogP contribution in [0.1, 0.15) is 52.4 Å². The van der Waals surface area contributed by atoms with Crippen molar-refractivity contribution in [2.24, 2.45) is 22.6 Å². The molecular formula is C19H38IN5O. The second-order valence-corrected chi connectivity index (χ2v) is 8.08. The van der Waals surface area contributed by atoms with Gasteiger partial charge in [0.1, 0.15) is 0 Å². The van der Waals surface area contributed by atoms with E-state index in [1.165, 1.54) is 32.4 Å². The third-order valence-corrected chi connectivity index (χ3v) is 5.42. The second kappa shape index (κ2) is 12.0. The number of piperidine rings is 1. The van der Waals surface area contributed by atoms with Crippen LogP contribution in [0, 0.1) is 11.8 Å². The van der Waals surface area contributed by atoms with Gasteiger partial charge in [0.05, 0.1) is 0 Å². The van der Waals surface area contributed by atoms with Gasteiger partial charge in [-0.3, -0.25) is 14.7 Å². The van der Waals surface area contributed by atoms with Crippen molar-refractivity contribution in [2.75, 3.05) is 39.8 Å². The Kier molecular flexibility index (Phi) is 10.8. The zero-order chi connectivity index (χ0) is 18.2. The number of hydrogen-bond donors (Lipinski definition) is 2. The Morgan fingerprint density at radius 3 is 2.50 bits per heavy atom. The van der Waals surface area contributed by atoms with Crippen LogP contribution in [0.25, 0.3) is 0 Å². The standard InChI is InChI=1S/C19H37N5O.HI/c1-15(2)11-17(23-8-4-5-9-23)13-22-19(21-3)24-10-6-7-16(14-24)12-18(20)25;/h15-17H,4-14H2,1-3H3,(H2,20,25)(H,21,22);1H. The van der Waals surface area contributed by atoms with Crippen molar-refractivity contribution in [2.45, 2.75) is 58.4 Å². The van der Waals surface area contributed by atoms with Crippen LogP contribution in [0.15, 0.2) is 4.99 Å². The Labute approximate surface area is 176 Å². The van der Waals surface area contributed by atoms with Crippen LogP contribution in [0.5, 0.6) is 0 Å². The van der Waals surface area contributed by atoms with Crippen molar-refractivity contribution in [1.29, 1.82) is 0 Å². The number of halogens is 1. The van der Waals surface area contributed by atoms with Crippen LogP contribution in [-0.4, -0.2) is 67.5 Å². The molecule has 3 N–H and O–H groups in total. The number of carbonyl (C=O) groups is 1. The summed E-state index contributed by atoms with van der Waals surface area (Å²) in [6.45, 7) is 9.88. The average molecular weight is 479 g/mol. The summed E-state index contributed by atoms with van der Waals surface area (Å²) in [6, 6.07) is 0.574. The highest BCUT2D eigenvalue weighted by atomic mass is 127. The lowest BCUT2D eigenvalue weighted by atomic mass is 9.95. The van der Waals surface area contributed by atoms with Crippen molar-refractivity contribution in [3.8, 4) is 0 Å². The highest BCUT2D eigenvalue weighted by Gasteiger charge is 2.26. The lowest BCUT2D eigenvalue weighted by molar-refractivity contribution is -0.119. The monoisotopic (exact) mass is 479 g/mol. The van der Waals surface area contributed by atoms with Gasteiger partial charge in [-0.1, -0.05) is 13.8 Å². The number of nitrogens with one attached hydrogen (secondary N) is 1. The Bertz CT molecular complexity index is 451. The van der Waals surface area contributed by atoms with Gasteiger partial charge >= 0.3 is 0 Å². The van der Waals surface area contributed by atoms with E-state index in [-0.39, 0.29) is 29.9 Å². The molecule has 6 nitrogen and oxygen atoms in total. The summed E-state index contributed by atoms with van der Waals surface area (Å²) >= 11 is 0. The Morgan fingerprint density at radius 1 is 1.23 bits per heavy atom. The summed E-state index contributed by atoms with van der Waals surface area (Å²) in [5.41, 5.74) is 5.38. The van der Waals surface area contributed by atoms with E-state index in [2.05, 4.69) is 34.0 Å². The van der Waals surface area contributed by atoms with Crippen LogP contribution in [-0.2, 0) is 4.79 Å². The van der Waals surface area contributed by atoms with Gasteiger partial charge in [0.2, 0.25) is 5.91 Å². The first kappa shape index (κ1) is 23.5. The minimum Gasteiger partial charge on any atom is -0.370 e. The van der Waals surface area contributed by atoms with Crippen LogP contribution >= 0.6 is 24.0 Å². The summed E-state index contributed by atoms with van der Waals surface area (Å²) < 4.78 is 0. The van der Waals surface area contributed by atoms with Crippen molar-refractivity contribution in [1.82, 2.24) is 15.1 Å². The summed E-state index contributed by atoms with van der Waals surface area (Å²) in [5, 5.41) is 3.61. The average Bonchev–Trinajstić information content (AvgIpc) is 3.08. The molecule has 26 heavy (non-hydrogen) atoms. The van der Waals surface area contributed by atoms with Crippen molar-refractivity contribution in [3.05, 3.63) is 0 Å². The van der Waals surface area contributed by atoms with E-state index in [0.29, 0.717) is 24.3 Å². The van der Waals surface area contributed by atoms with E-state index in [9.17, 15) is 4.79 Å². The van der Waals surface area contributed by atoms with Gasteiger partial charge in [-0.15, -0.1) is 24.0 Å². The summed E-state index contributed by atoms with van der Waals surface area (Å²) in [7, 11) is 1.85. The molecule has 0 aliphatic carbocycles. The predicted octanol–water partition coefficient (Wildman–Crippen LogP) is 2.28. The molecule has 2 fully saturated rings. The largest absolute Gasteiger partial charge is 0.370 e. The van der Waals surface area contributed by atoms with Gasteiger partial charge in [0, 0.05) is 39.1 Å². The SMILES string of the molecule is CN=C(NCC(CC(C)C)N1CCCC1)N1CCCC(CC(N)=O)C1.I. The van der Waals surface area contributed by atoms with Gasteiger partial charge in [0.25, 0.3) is 0 Å². The molecule has 0 aromatic rings. The highest BCUT2D eigenvalue weighted by molar-refractivity contribution is 14.0. The van der Waals surface area contributed by atoms with E-state index in [4.69, 9.17) is 5.73 Å². The van der Waals surface area contributed by atoms with E-state index >= 15 is 0 Å². The quantitative estimate of drug-likeness (QED) is 0.334. The van der Waals surface area contributed by atoms with Gasteiger partial charge in [0.15, 0.2) is 5.96 Å². The van der Waals surface area contributed by atoms with E-state index in [0.717, 1.165) is 38.4 Å². The number of nitrogens with zero attached hydrogens (tertiary/aromatic N) is 3. The smallest absolute Gasteiger partial charge is 0.217 e. The minimum absolute atomic E-state index is 0. The molecule has 0 aromatic carbocycles. The summed E-state index contributed by atoms with van der Waals surface area (Å²) in [4.78, 5) is 20.7. The fourth-order valence-electron chi connectivity index (χ4n) is 4.26. The Morgan fingerprint density at radius 2 is 1.92 bits per heavy atom. The fourth-order valence-corrected chi connectivity index (χ4v) is 4.26. The lowest BCUT2D eigenvalue weighted by Gasteiger charge is -2.36. The third-order valence-electron chi connectivity index (χ3n) is 5.42. The first-order valence-corrected chi connectivity index (χ1v) is 9.97. The molecule has 2 aliphatic heterocycles. The normalized spacial score (nSPS) is 23.0. The van der Waals surface area contributed by atoms with Crippen LogP contribution in [0.3, 0.4) is 0 Å². The Hall–Kier alpha value is -0.570. The molecule has 2 saturated heterocycles. The number of hydrogen-bond acceptors (Lipinski definition) is 3. The number of nitrogens with two attached hydrogens (primary N) is 1. The van der Waals surface area contributed by atoms with Crippen molar-refractivity contribution >= 4 is 35.8 Å². The maximum Gasteiger partial charge on any atom is 0.217 e. The molecule has 0 saturated carbocycles. The molecule has 152 valence electrons. The lowest BCUT2D eigenvalue weighted by Crippen LogP contribution is -2.51. The number of aliphatic imine (C=N–C) groups is 1. The number of carbonyl (C=O) groups excluding carboxylic acids is 1. The zero-order valence-corrected chi connectivity index (χ0v) is 19.1. The molecule has 0 radical (unpaired) electrons. The predicted molar refractivity (Wildman–Crippen MR) is 119 cm³/mol. The van der Waals surface area contributed by atoms with E-state index < -0.39 is 0 Å². The number of amides is 1. The van der Waals surface area contributed by atoms with E-state index in [1.54, 1.807) is 0 Å². The van der Waals surface area contributed by atoms with Crippen LogP contribution < -0.4 is 11.1 Å². The maximum absolute atomic E-state index is 11.2. The number of guanidine groups is 1. The fraction of sp³-hybridized carbons (Fsp3) is 0.895. The molecule has 2 aliphatic rings. The minimum atomic E-state index is -0.194. The van der Waals surface area contributed by atoms with Crippen LogP contribution in [0.2, 0.25) is 0 Å². The summed E-state index contributed by atoms with van der Waals surface area (Å²) in [5.74, 6) is 1.84. The molecule has 2 unspecified atom stereocenters. The number of likely N-dealkylation sites (tertiary alicyclic amines) is 2. The molecule has 7 heteroatoms. The summed E-state index contributed by atoms with van der Waals surface area (Å²) in [6.07, 6.45) is 6.53. The molecular weight excluding hydrogens is 441 g/mol. The first-order valence-electron chi connectivity index (χ1n) is 9.97. The maximum atomic E-state index is 11.2.